The third kappa shape index (κ3) is 2.62. The molecule has 0 N–H and O–H groups in total. The van der Waals surface area contributed by atoms with E-state index in [-0.39, 0.29) is 0 Å². The molecule has 0 radical (unpaired) electrons. The van der Waals surface area contributed by atoms with Crippen molar-refractivity contribution in [2.45, 2.75) is 26.5 Å². The van der Waals surface area contributed by atoms with Crippen molar-refractivity contribution in [3.05, 3.63) is 72.6 Å². The van der Waals surface area contributed by atoms with Gasteiger partial charge in [0.15, 0.2) is 0 Å². The van der Waals surface area contributed by atoms with Crippen molar-refractivity contribution in [3.63, 3.8) is 0 Å². The summed E-state index contributed by atoms with van der Waals surface area (Å²) in [7, 11) is 0. The standard InChI is InChI=1S/C21H20N2O/c1-15(2)23-20-10-6-5-9-19(20)22-21(23)14-24-18-12-11-16-7-3-4-8-17(16)13-18/h3-13,15H,14H2,1-2H3. The van der Waals surface area contributed by atoms with Crippen molar-refractivity contribution in [2.75, 3.05) is 0 Å². The zero-order valence-corrected chi connectivity index (χ0v) is 13.9. The topological polar surface area (TPSA) is 27.1 Å². The molecule has 0 bridgehead atoms. The average molecular weight is 316 g/mol. The third-order valence-corrected chi connectivity index (χ3v) is 4.27. The first-order valence-electron chi connectivity index (χ1n) is 8.30. The van der Waals surface area contributed by atoms with Crippen LogP contribution in [0, 0.1) is 0 Å². The molecule has 0 atom stereocenters. The quantitative estimate of drug-likeness (QED) is 0.507. The van der Waals surface area contributed by atoms with E-state index in [0.717, 1.165) is 22.6 Å². The van der Waals surface area contributed by atoms with Gasteiger partial charge in [-0.1, -0.05) is 42.5 Å². The van der Waals surface area contributed by atoms with Crippen LogP contribution in [0.5, 0.6) is 5.75 Å². The van der Waals surface area contributed by atoms with E-state index in [9.17, 15) is 0 Å². The van der Waals surface area contributed by atoms with E-state index in [1.54, 1.807) is 0 Å². The number of hydrogen-bond acceptors (Lipinski definition) is 2. The molecule has 0 aliphatic rings. The van der Waals surface area contributed by atoms with Crippen molar-refractivity contribution in [2.24, 2.45) is 0 Å². The lowest BCUT2D eigenvalue weighted by Crippen LogP contribution is -2.09. The van der Waals surface area contributed by atoms with Gasteiger partial charge in [-0.3, -0.25) is 0 Å². The molecule has 0 aliphatic heterocycles. The van der Waals surface area contributed by atoms with E-state index in [1.807, 2.05) is 30.3 Å². The summed E-state index contributed by atoms with van der Waals surface area (Å²) in [5.74, 6) is 1.83. The molecule has 0 saturated heterocycles. The van der Waals surface area contributed by atoms with Crippen LogP contribution in [0.25, 0.3) is 21.8 Å². The minimum absolute atomic E-state index is 0.340. The number of benzene rings is 3. The molecule has 0 saturated carbocycles. The number of nitrogens with zero attached hydrogens (tertiary/aromatic N) is 2. The summed E-state index contributed by atoms with van der Waals surface area (Å²) in [6.45, 7) is 4.81. The zero-order valence-electron chi connectivity index (χ0n) is 13.9. The second kappa shape index (κ2) is 6.00. The Morgan fingerprint density at radius 2 is 1.67 bits per heavy atom. The van der Waals surface area contributed by atoms with Crippen molar-refractivity contribution < 1.29 is 4.74 Å². The molecule has 120 valence electrons. The first-order valence-corrected chi connectivity index (χ1v) is 8.30. The number of fused-ring (bicyclic) bond motifs is 2. The fourth-order valence-electron chi connectivity index (χ4n) is 3.18. The number of imidazole rings is 1. The van der Waals surface area contributed by atoms with Crippen molar-refractivity contribution in [1.82, 2.24) is 9.55 Å². The number of aromatic nitrogens is 2. The summed E-state index contributed by atoms with van der Waals surface area (Å²) >= 11 is 0. The molecule has 0 unspecified atom stereocenters. The fourth-order valence-corrected chi connectivity index (χ4v) is 3.18. The van der Waals surface area contributed by atoms with Crippen LogP contribution in [0.2, 0.25) is 0 Å². The van der Waals surface area contributed by atoms with Crippen LogP contribution in [-0.2, 0) is 6.61 Å². The Balaban J connectivity index is 1.65. The Kier molecular flexibility index (Phi) is 3.69. The molecule has 1 heterocycles. The van der Waals surface area contributed by atoms with Gasteiger partial charge in [-0.25, -0.2) is 4.98 Å². The largest absolute Gasteiger partial charge is 0.486 e. The van der Waals surface area contributed by atoms with Crippen LogP contribution in [0.1, 0.15) is 25.7 Å². The molecule has 0 spiro atoms. The Hall–Kier alpha value is -2.81. The lowest BCUT2D eigenvalue weighted by Gasteiger charge is -2.14. The molecular weight excluding hydrogens is 296 g/mol. The van der Waals surface area contributed by atoms with Gasteiger partial charge in [0.2, 0.25) is 0 Å². The molecule has 4 aromatic rings. The molecule has 3 heteroatoms. The molecule has 0 amide bonds. The van der Waals surface area contributed by atoms with Crippen LogP contribution in [0.4, 0.5) is 0 Å². The maximum absolute atomic E-state index is 6.04. The summed E-state index contributed by atoms with van der Waals surface area (Å²) in [5, 5.41) is 2.41. The number of para-hydroxylation sites is 2. The number of ether oxygens (including phenoxy) is 1. The Bertz CT molecular complexity index is 1000. The predicted molar refractivity (Wildman–Crippen MR) is 98.4 cm³/mol. The minimum atomic E-state index is 0.340. The van der Waals surface area contributed by atoms with E-state index in [1.165, 1.54) is 10.8 Å². The van der Waals surface area contributed by atoms with Gasteiger partial charge in [0.25, 0.3) is 0 Å². The number of rotatable bonds is 4. The highest BCUT2D eigenvalue weighted by Crippen LogP contribution is 2.24. The van der Waals surface area contributed by atoms with E-state index < -0.39 is 0 Å². The summed E-state index contributed by atoms with van der Waals surface area (Å²) in [6.07, 6.45) is 0. The minimum Gasteiger partial charge on any atom is -0.486 e. The molecular formula is C21H20N2O. The highest BCUT2D eigenvalue weighted by molar-refractivity contribution is 5.83. The fraction of sp³-hybridized carbons (Fsp3) is 0.190. The van der Waals surface area contributed by atoms with Gasteiger partial charge >= 0.3 is 0 Å². The lowest BCUT2D eigenvalue weighted by atomic mass is 10.1. The van der Waals surface area contributed by atoms with Crippen molar-refractivity contribution in [3.8, 4) is 5.75 Å². The van der Waals surface area contributed by atoms with Gasteiger partial charge in [-0.05, 0) is 48.9 Å². The van der Waals surface area contributed by atoms with E-state index in [4.69, 9.17) is 9.72 Å². The van der Waals surface area contributed by atoms with Gasteiger partial charge in [0.1, 0.15) is 18.2 Å². The van der Waals surface area contributed by atoms with Crippen LogP contribution < -0.4 is 4.74 Å². The molecule has 1 aromatic heterocycles. The van der Waals surface area contributed by atoms with Crippen LogP contribution in [0.3, 0.4) is 0 Å². The molecule has 0 aliphatic carbocycles. The van der Waals surface area contributed by atoms with Crippen LogP contribution >= 0.6 is 0 Å². The summed E-state index contributed by atoms with van der Waals surface area (Å²) in [5.41, 5.74) is 2.17. The molecule has 0 fully saturated rings. The Labute approximate surface area is 141 Å². The second-order valence-electron chi connectivity index (χ2n) is 6.28. The lowest BCUT2D eigenvalue weighted by molar-refractivity contribution is 0.288. The first kappa shape index (κ1) is 14.8. The summed E-state index contributed by atoms with van der Waals surface area (Å²) < 4.78 is 8.28. The average Bonchev–Trinajstić information content (AvgIpc) is 2.98. The molecule has 3 aromatic carbocycles. The van der Waals surface area contributed by atoms with Gasteiger partial charge < -0.3 is 9.30 Å². The Morgan fingerprint density at radius 3 is 2.50 bits per heavy atom. The van der Waals surface area contributed by atoms with E-state index >= 15 is 0 Å². The smallest absolute Gasteiger partial charge is 0.148 e. The summed E-state index contributed by atoms with van der Waals surface area (Å²) in [4.78, 5) is 4.75. The number of hydrogen-bond donors (Lipinski definition) is 0. The van der Waals surface area contributed by atoms with Gasteiger partial charge in [-0.2, -0.15) is 0 Å². The Morgan fingerprint density at radius 1 is 0.917 bits per heavy atom. The molecule has 24 heavy (non-hydrogen) atoms. The highest BCUT2D eigenvalue weighted by atomic mass is 16.5. The molecule has 3 nitrogen and oxygen atoms in total. The van der Waals surface area contributed by atoms with Gasteiger partial charge in [0.05, 0.1) is 11.0 Å². The van der Waals surface area contributed by atoms with Gasteiger partial charge in [0, 0.05) is 6.04 Å². The highest BCUT2D eigenvalue weighted by Gasteiger charge is 2.13. The predicted octanol–water partition coefficient (Wildman–Crippen LogP) is 5.35. The zero-order chi connectivity index (χ0) is 16.5. The van der Waals surface area contributed by atoms with Crippen molar-refractivity contribution in [1.29, 1.82) is 0 Å². The monoisotopic (exact) mass is 316 g/mol. The normalized spacial score (nSPS) is 11.5. The SMILES string of the molecule is CC(C)n1c(COc2ccc3ccccc3c2)nc2ccccc21. The second-order valence-corrected chi connectivity index (χ2v) is 6.28. The van der Waals surface area contributed by atoms with Gasteiger partial charge in [-0.15, -0.1) is 0 Å². The van der Waals surface area contributed by atoms with Crippen molar-refractivity contribution >= 4 is 21.8 Å². The first-order chi connectivity index (χ1) is 11.7. The maximum atomic E-state index is 6.04. The third-order valence-electron chi connectivity index (χ3n) is 4.27. The van der Waals surface area contributed by atoms with E-state index in [0.29, 0.717) is 12.6 Å². The maximum Gasteiger partial charge on any atom is 0.148 e. The van der Waals surface area contributed by atoms with Crippen LogP contribution in [-0.4, -0.2) is 9.55 Å². The summed E-state index contributed by atoms with van der Waals surface area (Å²) in [6, 6.07) is 23.1. The van der Waals surface area contributed by atoms with Crippen LogP contribution in [0.15, 0.2) is 66.7 Å². The van der Waals surface area contributed by atoms with E-state index in [2.05, 4.69) is 54.8 Å². The molecule has 4 rings (SSSR count).